The maximum Gasteiger partial charge on any atom is 0.228 e. The van der Waals surface area contributed by atoms with Crippen LogP contribution in [0.3, 0.4) is 0 Å². The average molecular weight is 326 g/mol. The Morgan fingerprint density at radius 2 is 1.95 bits per heavy atom. The van der Waals surface area contributed by atoms with E-state index in [0.717, 1.165) is 5.56 Å². The molecule has 2 atom stereocenters. The van der Waals surface area contributed by atoms with E-state index in [-0.39, 0.29) is 17.6 Å². The molecule has 1 aromatic rings. The normalized spacial score (nSPS) is 28.7. The Hall–Kier alpha value is -0.900. The summed E-state index contributed by atoms with van der Waals surface area (Å²) >= 11 is 3.15. The van der Waals surface area contributed by atoms with E-state index in [1.54, 1.807) is 6.07 Å². The van der Waals surface area contributed by atoms with E-state index in [1.807, 2.05) is 6.92 Å². The number of carbonyl (C=O) groups excluding carboxylic acids is 1. The zero-order chi connectivity index (χ0) is 13.6. The Bertz CT molecular complexity index is 519. The first kappa shape index (κ1) is 13.1. The van der Waals surface area contributed by atoms with Crippen LogP contribution < -0.4 is 5.32 Å². The number of hydrogen-bond acceptors (Lipinski definition) is 1. The summed E-state index contributed by atoms with van der Waals surface area (Å²) in [5, 5.41) is 2.90. The van der Waals surface area contributed by atoms with Crippen LogP contribution in [0, 0.1) is 30.5 Å². The van der Waals surface area contributed by atoms with Crippen LogP contribution in [0.5, 0.6) is 0 Å². The number of anilines is 1. The molecule has 19 heavy (non-hydrogen) atoms. The van der Waals surface area contributed by atoms with Gasteiger partial charge in [-0.3, -0.25) is 4.79 Å². The van der Waals surface area contributed by atoms with Crippen LogP contribution in [0.4, 0.5) is 10.1 Å². The highest BCUT2D eigenvalue weighted by atomic mass is 79.9. The summed E-state index contributed by atoms with van der Waals surface area (Å²) < 4.78 is 14.0. The van der Waals surface area contributed by atoms with Gasteiger partial charge in [-0.2, -0.15) is 0 Å². The first-order valence-electron chi connectivity index (χ1n) is 6.84. The third-order valence-corrected chi connectivity index (χ3v) is 5.09. The van der Waals surface area contributed by atoms with E-state index in [4.69, 9.17) is 0 Å². The largest absolute Gasteiger partial charge is 0.325 e. The van der Waals surface area contributed by atoms with Gasteiger partial charge < -0.3 is 5.32 Å². The molecule has 1 aromatic carbocycles. The predicted octanol–water partition coefficient (Wildman–Crippen LogP) is 4.27. The number of nitrogens with one attached hydrogen (secondary N) is 1. The van der Waals surface area contributed by atoms with Gasteiger partial charge in [0.05, 0.1) is 4.47 Å². The van der Waals surface area contributed by atoms with E-state index in [9.17, 15) is 9.18 Å². The number of hydrogen-bond donors (Lipinski definition) is 1. The maximum absolute atomic E-state index is 13.5. The van der Waals surface area contributed by atoms with E-state index >= 15 is 0 Å². The fraction of sp³-hybridized carbons (Fsp3) is 0.533. The molecule has 0 aliphatic heterocycles. The van der Waals surface area contributed by atoms with Crippen molar-refractivity contribution in [3.05, 3.63) is 28.0 Å². The number of amides is 1. The van der Waals surface area contributed by atoms with Gasteiger partial charge in [0.25, 0.3) is 0 Å². The molecule has 0 aromatic heterocycles. The first-order valence-corrected chi connectivity index (χ1v) is 7.63. The third kappa shape index (κ3) is 2.42. The molecule has 2 aliphatic carbocycles. The second kappa shape index (κ2) is 4.89. The molecule has 0 radical (unpaired) electrons. The van der Waals surface area contributed by atoms with Gasteiger partial charge in [-0.05, 0) is 65.2 Å². The van der Waals surface area contributed by atoms with Crippen molar-refractivity contribution in [1.29, 1.82) is 0 Å². The molecule has 2 unspecified atom stereocenters. The molecule has 2 saturated carbocycles. The molecular weight excluding hydrogens is 309 g/mol. The van der Waals surface area contributed by atoms with Crippen molar-refractivity contribution in [2.24, 2.45) is 17.8 Å². The van der Waals surface area contributed by atoms with Crippen molar-refractivity contribution >= 4 is 27.5 Å². The molecule has 3 rings (SSSR count). The quantitative estimate of drug-likeness (QED) is 0.864. The lowest BCUT2D eigenvalue weighted by Crippen LogP contribution is -2.16. The highest BCUT2D eigenvalue weighted by molar-refractivity contribution is 9.10. The molecule has 102 valence electrons. The monoisotopic (exact) mass is 325 g/mol. The standard InChI is InChI=1S/C15H17BrFNO/c1-8-6-11(16)12(17)7-13(8)18-15(19)14-9-4-2-3-5-10(9)14/h6-7,9-10,14H,2-5H2,1H3,(H,18,19). The average Bonchev–Trinajstić information content (AvgIpc) is 3.10. The van der Waals surface area contributed by atoms with Gasteiger partial charge in [-0.1, -0.05) is 12.8 Å². The molecule has 0 spiro atoms. The number of carbonyl (C=O) groups is 1. The molecule has 0 heterocycles. The van der Waals surface area contributed by atoms with Gasteiger partial charge >= 0.3 is 0 Å². The minimum absolute atomic E-state index is 0.0710. The van der Waals surface area contributed by atoms with Crippen LogP contribution in [0.1, 0.15) is 31.2 Å². The number of benzene rings is 1. The predicted molar refractivity (Wildman–Crippen MR) is 76.4 cm³/mol. The maximum atomic E-state index is 13.5. The summed E-state index contributed by atoms with van der Waals surface area (Å²) in [7, 11) is 0. The van der Waals surface area contributed by atoms with Gasteiger partial charge in [-0.25, -0.2) is 4.39 Å². The minimum atomic E-state index is -0.339. The number of halogens is 2. The number of aryl methyl sites for hydroxylation is 1. The highest BCUT2D eigenvalue weighted by Crippen LogP contribution is 2.55. The Kier molecular flexibility index (Phi) is 3.37. The van der Waals surface area contributed by atoms with Crippen LogP contribution in [0.2, 0.25) is 0 Å². The molecule has 1 amide bonds. The lowest BCUT2D eigenvalue weighted by atomic mass is 10.0. The summed E-state index contributed by atoms with van der Waals surface area (Å²) in [6.07, 6.45) is 4.85. The molecule has 1 N–H and O–H groups in total. The Morgan fingerprint density at radius 1 is 1.32 bits per heavy atom. The van der Waals surface area contributed by atoms with Crippen molar-refractivity contribution in [2.45, 2.75) is 32.6 Å². The van der Waals surface area contributed by atoms with Crippen molar-refractivity contribution < 1.29 is 9.18 Å². The van der Waals surface area contributed by atoms with Crippen LogP contribution in [0.25, 0.3) is 0 Å². The van der Waals surface area contributed by atoms with Gasteiger partial charge in [-0.15, -0.1) is 0 Å². The van der Waals surface area contributed by atoms with Gasteiger partial charge in [0, 0.05) is 11.6 Å². The van der Waals surface area contributed by atoms with Crippen molar-refractivity contribution in [2.75, 3.05) is 5.32 Å². The SMILES string of the molecule is Cc1cc(Br)c(F)cc1NC(=O)C1C2CCCCC21. The first-order chi connectivity index (χ1) is 9.08. The highest BCUT2D eigenvalue weighted by Gasteiger charge is 2.54. The lowest BCUT2D eigenvalue weighted by molar-refractivity contribution is -0.117. The minimum Gasteiger partial charge on any atom is -0.325 e. The second-order valence-electron chi connectivity index (χ2n) is 5.71. The molecule has 2 nitrogen and oxygen atoms in total. The molecule has 2 fully saturated rings. The molecule has 0 saturated heterocycles. The summed E-state index contributed by atoms with van der Waals surface area (Å²) in [5.41, 5.74) is 1.47. The fourth-order valence-corrected chi connectivity index (χ4v) is 3.84. The molecular formula is C15H17BrFNO. The summed E-state index contributed by atoms with van der Waals surface area (Å²) in [5.74, 6) is 1.05. The topological polar surface area (TPSA) is 29.1 Å². The van der Waals surface area contributed by atoms with E-state index in [2.05, 4.69) is 21.2 Å². The Labute approximate surface area is 120 Å². The van der Waals surface area contributed by atoms with Crippen molar-refractivity contribution in [1.82, 2.24) is 0 Å². The van der Waals surface area contributed by atoms with E-state index < -0.39 is 0 Å². The molecule has 4 heteroatoms. The zero-order valence-electron chi connectivity index (χ0n) is 10.9. The third-order valence-electron chi connectivity index (χ3n) is 4.48. The summed E-state index contributed by atoms with van der Waals surface area (Å²) in [4.78, 5) is 12.2. The van der Waals surface area contributed by atoms with Crippen LogP contribution >= 0.6 is 15.9 Å². The van der Waals surface area contributed by atoms with Crippen molar-refractivity contribution in [3.63, 3.8) is 0 Å². The smallest absolute Gasteiger partial charge is 0.228 e. The Morgan fingerprint density at radius 3 is 2.58 bits per heavy atom. The summed E-state index contributed by atoms with van der Waals surface area (Å²) in [6.45, 7) is 1.87. The Balaban J connectivity index is 1.72. The van der Waals surface area contributed by atoms with Crippen molar-refractivity contribution in [3.8, 4) is 0 Å². The van der Waals surface area contributed by atoms with E-state index in [0.29, 0.717) is 22.0 Å². The van der Waals surface area contributed by atoms with E-state index in [1.165, 1.54) is 31.7 Å². The zero-order valence-corrected chi connectivity index (χ0v) is 12.5. The number of fused-ring (bicyclic) bond motifs is 1. The van der Waals surface area contributed by atoms with Crippen LogP contribution in [0.15, 0.2) is 16.6 Å². The second-order valence-corrected chi connectivity index (χ2v) is 6.56. The van der Waals surface area contributed by atoms with Gasteiger partial charge in [0.15, 0.2) is 0 Å². The van der Waals surface area contributed by atoms with Crippen LogP contribution in [-0.2, 0) is 4.79 Å². The van der Waals surface area contributed by atoms with Gasteiger partial charge in [0.2, 0.25) is 5.91 Å². The van der Waals surface area contributed by atoms with Gasteiger partial charge in [0.1, 0.15) is 5.82 Å². The number of rotatable bonds is 2. The molecule has 2 aliphatic rings. The van der Waals surface area contributed by atoms with Crippen LogP contribution in [-0.4, -0.2) is 5.91 Å². The summed E-state index contributed by atoms with van der Waals surface area (Å²) in [6, 6.07) is 3.09. The fourth-order valence-electron chi connectivity index (χ4n) is 3.38. The molecule has 0 bridgehead atoms. The lowest BCUT2D eigenvalue weighted by Gasteiger charge is -2.09.